The Morgan fingerprint density at radius 1 is 1.55 bits per heavy atom. The second-order valence-electron chi connectivity index (χ2n) is 2.18. The lowest BCUT2D eigenvalue weighted by molar-refractivity contribution is 0.736. The van der Waals surface area contributed by atoms with Gasteiger partial charge in [-0.15, -0.1) is 5.10 Å². The Labute approximate surface area is 67.8 Å². The zero-order valence-corrected chi connectivity index (χ0v) is 6.58. The number of fused-ring (bicyclic) bond motifs is 1. The topological polar surface area (TPSA) is 43.6 Å². The molecule has 56 valence electrons. The lowest BCUT2D eigenvalue weighted by atomic mass is 10.4. The summed E-state index contributed by atoms with van der Waals surface area (Å²) in [7, 11) is 1.78. The summed E-state index contributed by atoms with van der Waals surface area (Å²) in [6.07, 6.45) is 1.61. The molecular formula is C6H5ClN4. The van der Waals surface area contributed by atoms with Gasteiger partial charge < -0.3 is 0 Å². The molecule has 0 fully saturated rings. The van der Waals surface area contributed by atoms with Crippen LogP contribution in [0.5, 0.6) is 0 Å². The third-order valence-corrected chi connectivity index (χ3v) is 1.76. The van der Waals surface area contributed by atoms with Gasteiger partial charge in [-0.3, -0.25) is 0 Å². The van der Waals surface area contributed by atoms with Gasteiger partial charge in [-0.25, -0.2) is 9.67 Å². The summed E-state index contributed by atoms with van der Waals surface area (Å²) in [4.78, 5) is 3.98. The summed E-state index contributed by atoms with van der Waals surface area (Å²) in [6.45, 7) is 0. The summed E-state index contributed by atoms with van der Waals surface area (Å²) in [5.41, 5.74) is 1.36. The molecule has 0 amide bonds. The maximum absolute atomic E-state index is 5.86. The minimum atomic E-state index is 0.583. The van der Waals surface area contributed by atoms with Crippen molar-refractivity contribution in [2.45, 2.75) is 0 Å². The fourth-order valence-corrected chi connectivity index (χ4v) is 1.21. The van der Waals surface area contributed by atoms with Crippen LogP contribution in [0.25, 0.3) is 11.2 Å². The molecule has 2 heterocycles. The number of nitrogens with zero attached hydrogens (tertiary/aromatic N) is 4. The van der Waals surface area contributed by atoms with E-state index in [0.717, 1.165) is 5.52 Å². The van der Waals surface area contributed by atoms with E-state index in [0.29, 0.717) is 10.7 Å². The average Bonchev–Trinajstić information content (AvgIpc) is 2.34. The number of pyridine rings is 1. The van der Waals surface area contributed by atoms with E-state index in [1.807, 2.05) is 0 Å². The van der Waals surface area contributed by atoms with E-state index < -0.39 is 0 Å². The van der Waals surface area contributed by atoms with E-state index in [4.69, 9.17) is 11.6 Å². The fourth-order valence-electron chi connectivity index (χ4n) is 0.947. The lowest BCUT2D eigenvalue weighted by Crippen LogP contribution is -1.89. The Morgan fingerprint density at radius 2 is 2.36 bits per heavy atom. The highest BCUT2D eigenvalue weighted by Gasteiger charge is 2.04. The Bertz CT molecular complexity index is 394. The van der Waals surface area contributed by atoms with Crippen LogP contribution in [0.2, 0.25) is 5.02 Å². The lowest BCUT2D eigenvalue weighted by Gasteiger charge is -1.92. The smallest absolute Gasteiger partial charge is 0.203 e. The molecule has 2 aromatic heterocycles. The van der Waals surface area contributed by atoms with E-state index in [9.17, 15) is 0 Å². The monoisotopic (exact) mass is 168 g/mol. The first-order chi connectivity index (χ1) is 5.29. The van der Waals surface area contributed by atoms with Crippen molar-refractivity contribution >= 4 is 22.8 Å². The molecule has 0 radical (unpaired) electrons. The molecule has 0 bridgehead atoms. The van der Waals surface area contributed by atoms with Gasteiger partial charge in [0.2, 0.25) is 5.65 Å². The minimum Gasteiger partial charge on any atom is -0.244 e. The molecule has 0 aliphatic heterocycles. The highest BCUT2D eigenvalue weighted by Crippen LogP contribution is 2.17. The molecule has 5 heteroatoms. The van der Waals surface area contributed by atoms with Gasteiger partial charge in [-0.1, -0.05) is 16.8 Å². The summed E-state index contributed by atoms with van der Waals surface area (Å²) in [6, 6.07) is 1.72. The van der Waals surface area contributed by atoms with Crippen molar-refractivity contribution in [1.82, 2.24) is 20.0 Å². The Balaban J connectivity index is 2.96. The van der Waals surface area contributed by atoms with Gasteiger partial charge in [-0.05, 0) is 6.07 Å². The first-order valence-corrected chi connectivity index (χ1v) is 3.47. The predicted octanol–water partition coefficient (Wildman–Crippen LogP) is 1.02. The van der Waals surface area contributed by atoms with E-state index in [1.165, 1.54) is 0 Å². The van der Waals surface area contributed by atoms with Gasteiger partial charge in [0, 0.05) is 13.2 Å². The van der Waals surface area contributed by atoms with Gasteiger partial charge in [0.15, 0.2) is 0 Å². The van der Waals surface area contributed by atoms with Crippen molar-refractivity contribution in [3.63, 3.8) is 0 Å². The third-order valence-electron chi connectivity index (χ3n) is 1.45. The van der Waals surface area contributed by atoms with Crippen LogP contribution in [0.3, 0.4) is 0 Å². The highest BCUT2D eigenvalue weighted by atomic mass is 35.5. The second kappa shape index (κ2) is 2.17. The van der Waals surface area contributed by atoms with Gasteiger partial charge in [0.05, 0.1) is 5.02 Å². The zero-order valence-electron chi connectivity index (χ0n) is 5.82. The minimum absolute atomic E-state index is 0.583. The quantitative estimate of drug-likeness (QED) is 0.590. The van der Waals surface area contributed by atoms with Crippen LogP contribution in [0.1, 0.15) is 0 Å². The molecule has 0 spiro atoms. The van der Waals surface area contributed by atoms with Crippen molar-refractivity contribution in [3.05, 3.63) is 17.3 Å². The number of halogens is 1. The summed E-state index contributed by atoms with van der Waals surface area (Å²) in [5, 5.41) is 8.20. The van der Waals surface area contributed by atoms with Crippen molar-refractivity contribution < 1.29 is 0 Å². The molecule has 2 rings (SSSR count). The molecule has 0 saturated carbocycles. The van der Waals surface area contributed by atoms with E-state index >= 15 is 0 Å². The molecular weight excluding hydrogens is 164 g/mol. The third kappa shape index (κ3) is 0.867. The van der Waals surface area contributed by atoms with Crippen LogP contribution in [0.4, 0.5) is 0 Å². The zero-order chi connectivity index (χ0) is 7.84. The molecule has 0 aliphatic rings. The van der Waals surface area contributed by atoms with Crippen molar-refractivity contribution in [1.29, 1.82) is 0 Å². The Kier molecular flexibility index (Phi) is 1.29. The second-order valence-corrected chi connectivity index (χ2v) is 2.59. The molecule has 2 aromatic rings. The van der Waals surface area contributed by atoms with Crippen LogP contribution in [0.15, 0.2) is 12.3 Å². The number of rotatable bonds is 0. The van der Waals surface area contributed by atoms with Crippen LogP contribution >= 0.6 is 11.6 Å². The van der Waals surface area contributed by atoms with Crippen LogP contribution in [-0.4, -0.2) is 20.0 Å². The molecule has 0 aromatic carbocycles. The molecule has 0 aliphatic carbocycles. The van der Waals surface area contributed by atoms with Crippen molar-refractivity contribution in [3.8, 4) is 0 Å². The summed E-state index contributed by atoms with van der Waals surface area (Å²) >= 11 is 5.86. The largest absolute Gasteiger partial charge is 0.244 e. The Morgan fingerprint density at radius 3 is 3.09 bits per heavy atom. The molecule has 0 atom stereocenters. The summed E-state index contributed by atoms with van der Waals surface area (Å²) in [5.74, 6) is 0. The van der Waals surface area contributed by atoms with Gasteiger partial charge >= 0.3 is 0 Å². The Hall–Kier alpha value is -1.16. The number of aryl methyl sites for hydroxylation is 1. The fraction of sp³-hybridized carbons (Fsp3) is 0.167. The van der Waals surface area contributed by atoms with E-state index in [2.05, 4.69) is 15.3 Å². The normalized spacial score (nSPS) is 10.7. The standard InChI is InChI=1S/C6H5ClN4/c1-11-5-4(7)2-3-8-6(5)9-10-11/h2-3H,1H3. The van der Waals surface area contributed by atoms with Crippen molar-refractivity contribution in [2.75, 3.05) is 0 Å². The molecule has 4 nitrogen and oxygen atoms in total. The highest BCUT2D eigenvalue weighted by molar-refractivity contribution is 6.34. The van der Waals surface area contributed by atoms with Gasteiger partial charge in [0.1, 0.15) is 5.52 Å². The SMILES string of the molecule is Cn1nnc2nccc(Cl)c21. The molecule has 0 N–H and O–H groups in total. The first-order valence-electron chi connectivity index (χ1n) is 3.09. The van der Waals surface area contributed by atoms with E-state index in [-0.39, 0.29) is 0 Å². The maximum atomic E-state index is 5.86. The number of aromatic nitrogens is 4. The first kappa shape index (κ1) is 6.54. The van der Waals surface area contributed by atoms with Crippen LogP contribution in [-0.2, 0) is 7.05 Å². The molecule has 11 heavy (non-hydrogen) atoms. The van der Waals surface area contributed by atoms with Crippen LogP contribution in [0, 0.1) is 0 Å². The predicted molar refractivity (Wildman–Crippen MR) is 41.3 cm³/mol. The number of hydrogen-bond acceptors (Lipinski definition) is 3. The van der Waals surface area contributed by atoms with E-state index in [1.54, 1.807) is 24.0 Å². The average molecular weight is 169 g/mol. The molecule has 0 unspecified atom stereocenters. The van der Waals surface area contributed by atoms with Gasteiger partial charge in [0.25, 0.3) is 0 Å². The maximum Gasteiger partial charge on any atom is 0.203 e. The summed E-state index contributed by atoms with van der Waals surface area (Å²) < 4.78 is 1.60. The van der Waals surface area contributed by atoms with Crippen molar-refractivity contribution in [2.24, 2.45) is 7.05 Å². The van der Waals surface area contributed by atoms with Gasteiger partial charge in [-0.2, -0.15) is 0 Å². The number of hydrogen-bond donors (Lipinski definition) is 0. The van der Waals surface area contributed by atoms with Crippen LogP contribution < -0.4 is 0 Å². The molecule has 0 saturated heterocycles.